The average molecular weight is 425 g/mol. The number of aromatic nitrogens is 1. The largest absolute Gasteiger partial charge is 0.462 e. The first kappa shape index (κ1) is 22.0. The molecule has 1 aromatic heterocycles. The Morgan fingerprint density at radius 3 is 2.36 bits per heavy atom. The monoisotopic (exact) mass is 424 g/mol. The lowest BCUT2D eigenvalue weighted by Crippen LogP contribution is -2.15. The minimum Gasteiger partial charge on any atom is -0.462 e. The van der Waals surface area contributed by atoms with Crippen molar-refractivity contribution in [3.8, 4) is 0 Å². The van der Waals surface area contributed by atoms with E-state index in [-0.39, 0.29) is 23.8 Å². The highest BCUT2D eigenvalue weighted by molar-refractivity contribution is 7.92. The van der Waals surface area contributed by atoms with Gasteiger partial charge in [-0.05, 0) is 45.4 Å². The van der Waals surface area contributed by atoms with Gasteiger partial charge in [0.1, 0.15) is 4.88 Å². The molecule has 152 valence electrons. The molecule has 28 heavy (non-hydrogen) atoms. The van der Waals surface area contributed by atoms with Gasteiger partial charge >= 0.3 is 5.97 Å². The number of benzene rings is 1. The SMILES string of the molecule is CCOC(=O)c1sc(=NC(=O)Cc2ccc(S(=O)(=O)C(C)C)cc2)n(C)c1C. The van der Waals surface area contributed by atoms with Crippen LogP contribution in [0.25, 0.3) is 0 Å². The van der Waals surface area contributed by atoms with Crippen molar-refractivity contribution in [1.82, 2.24) is 4.57 Å². The van der Waals surface area contributed by atoms with Gasteiger partial charge in [0.2, 0.25) is 0 Å². The Kier molecular flexibility index (Phi) is 6.95. The standard InChI is InChI=1S/C19H24N2O5S2/c1-6-26-18(23)17-13(4)21(5)19(27-17)20-16(22)11-14-7-9-15(10-8-14)28(24,25)12(2)3/h7-10,12H,6,11H2,1-5H3. The van der Waals surface area contributed by atoms with Crippen LogP contribution >= 0.6 is 11.3 Å². The Hall–Kier alpha value is -2.26. The topological polar surface area (TPSA) is 94.8 Å². The van der Waals surface area contributed by atoms with Gasteiger partial charge in [0.25, 0.3) is 5.91 Å². The van der Waals surface area contributed by atoms with E-state index in [9.17, 15) is 18.0 Å². The van der Waals surface area contributed by atoms with E-state index in [1.165, 1.54) is 12.1 Å². The lowest BCUT2D eigenvalue weighted by atomic mass is 10.1. The summed E-state index contributed by atoms with van der Waals surface area (Å²) in [5, 5.41) is -0.509. The van der Waals surface area contributed by atoms with Crippen LogP contribution in [0.15, 0.2) is 34.2 Å². The summed E-state index contributed by atoms with van der Waals surface area (Å²) in [5.74, 6) is -0.817. The minimum atomic E-state index is -3.35. The highest BCUT2D eigenvalue weighted by Gasteiger charge is 2.19. The van der Waals surface area contributed by atoms with Crippen molar-refractivity contribution in [2.75, 3.05) is 6.61 Å². The molecule has 0 fully saturated rings. The van der Waals surface area contributed by atoms with Gasteiger partial charge in [-0.15, -0.1) is 0 Å². The molecule has 0 spiro atoms. The molecule has 1 amide bonds. The summed E-state index contributed by atoms with van der Waals surface area (Å²) in [6.45, 7) is 7.01. The molecule has 7 nitrogen and oxygen atoms in total. The average Bonchev–Trinajstić information content (AvgIpc) is 2.90. The fraction of sp³-hybridized carbons (Fsp3) is 0.421. The van der Waals surface area contributed by atoms with Crippen LogP contribution in [-0.2, 0) is 32.8 Å². The van der Waals surface area contributed by atoms with E-state index in [1.807, 2.05) is 0 Å². The van der Waals surface area contributed by atoms with Crippen LogP contribution in [-0.4, -0.2) is 36.7 Å². The zero-order chi connectivity index (χ0) is 21.1. The number of thiazole rings is 1. The molecule has 1 aromatic carbocycles. The van der Waals surface area contributed by atoms with E-state index in [4.69, 9.17) is 4.74 Å². The summed E-state index contributed by atoms with van der Waals surface area (Å²) in [6, 6.07) is 6.25. The van der Waals surface area contributed by atoms with Crippen molar-refractivity contribution in [2.24, 2.45) is 12.0 Å². The van der Waals surface area contributed by atoms with Gasteiger partial charge in [-0.2, -0.15) is 4.99 Å². The number of esters is 1. The van der Waals surface area contributed by atoms with Crippen LogP contribution in [0.5, 0.6) is 0 Å². The van der Waals surface area contributed by atoms with E-state index in [1.54, 1.807) is 51.4 Å². The third-order valence-electron chi connectivity index (χ3n) is 4.22. The maximum atomic E-state index is 12.3. The van der Waals surface area contributed by atoms with Crippen molar-refractivity contribution in [1.29, 1.82) is 0 Å². The number of sulfone groups is 1. The Balaban J connectivity index is 2.22. The first-order valence-electron chi connectivity index (χ1n) is 8.81. The van der Waals surface area contributed by atoms with Crippen LogP contribution < -0.4 is 4.80 Å². The molecule has 9 heteroatoms. The molecule has 0 unspecified atom stereocenters. The van der Waals surface area contributed by atoms with Crippen LogP contribution in [0.1, 0.15) is 41.7 Å². The maximum Gasteiger partial charge on any atom is 0.350 e. The summed E-state index contributed by atoms with van der Waals surface area (Å²) >= 11 is 1.10. The Morgan fingerprint density at radius 2 is 1.82 bits per heavy atom. The number of ether oxygens (including phenoxy) is 1. The zero-order valence-corrected chi connectivity index (χ0v) is 18.2. The van der Waals surface area contributed by atoms with Crippen LogP contribution in [0, 0.1) is 6.92 Å². The molecular weight excluding hydrogens is 400 g/mol. The molecule has 0 saturated heterocycles. The molecule has 0 bridgehead atoms. The van der Waals surface area contributed by atoms with Gasteiger partial charge in [-0.25, -0.2) is 13.2 Å². The fourth-order valence-electron chi connectivity index (χ4n) is 2.40. The third kappa shape index (κ3) is 4.77. The molecule has 2 rings (SSSR count). The van der Waals surface area contributed by atoms with E-state index < -0.39 is 21.1 Å². The van der Waals surface area contributed by atoms with Gasteiger partial charge in [0.15, 0.2) is 14.6 Å². The Bertz CT molecular complexity index is 1040. The summed E-state index contributed by atoms with van der Waals surface area (Å²) < 4.78 is 31.0. The van der Waals surface area contributed by atoms with Crippen molar-refractivity contribution < 1.29 is 22.7 Å². The predicted molar refractivity (Wildman–Crippen MR) is 107 cm³/mol. The zero-order valence-electron chi connectivity index (χ0n) is 16.6. The molecular formula is C19H24N2O5S2. The van der Waals surface area contributed by atoms with Crippen molar-refractivity contribution >= 4 is 33.1 Å². The maximum absolute atomic E-state index is 12.3. The van der Waals surface area contributed by atoms with E-state index in [2.05, 4.69) is 4.99 Å². The summed E-state index contributed by atoms with van der Waals surface area (Å²) in [7, 11) is -1.62. The van der Waals surface area contributed by atoms with Crippen molar-refractivity contribution in [3.05, 3.63) is 45.2 Å². The molecule has 0 aliphatic carbocycles. The molecule has 1 heterocycles. The fourth-order valence-corrected chi connectivity index (χ4v) is 4.49. The van der Waals surface area contributed by atoms with E-state index in [0.29, 0.717) is 20.9 Å². The number of nitrogens with zero attached hydrogens (tertiary/aromatic N) is 2. The number of carbonyl (C=O) groups is 2. The van der Waals surface area contributed by atoms with Crippen LogP contribution in [0.4, 0.5) is 0 Å². The van der Waals surface area contributed by atoms with Gasteiger partial charge in [-0.1, -0.05) is 23.5 Å². The predicted octanol–water partition coefficient (Wildman–Crippen LogP) is 2.42. The molecule has 2 aromatic rings. The molecule has 0 aliphatic rings. The molecule has 0 N–H and O–H groups in total. The molecule has 0 aliphatic heterocycles. The number of rotatable bonds is 6. The van der Waals surface area contributed by atoms with Crippen LogP contribution in [0.3, 0.4) is 0 Å². The number of amides is 1. The molecule has 0 saturated carbocycles. The minimum absolute atomic E-state index is 0.0354. The van der Waals surface area contributed by atoms with Crippen LogP contribution in [0.2, 0.25) is 0 Å². The lowest BCUT2D eigenvalue weighted by molar-refractivity contribution is -0.117. The molecule has 0 atom stereocenters. The highest BCUT2D eigenvalue weighted by Crippen LogP contribution is 2.17. The Labute approximate surface area is 168 Å². The Morgan fingerprint density at radius 1 is 1.21 bits per heavy atom. The second-order valence-corrected chi connectivity index (χ2v) is 9.98. The lowest BCUT2D eigenvalue weighted by Gasteiger charge is -2.08. The van der Waals surface area contributed by atoms with Gasteiger partial charge < -0.3 is 9.30 Å². The van der Waals surface area contributed by atoms with E-state index >= 15 is 0 Å². The second kappa shape index (κ2) is 8.83. The highest BCUT2D eigenvalue weighted by atomic mass is 32.2. The summed E-state index contributed by atoms with van der Waals surface area (Å²) in [6.07, 6.45) is 0.0354. The smallest absolute Gasteiger partial charge is 0.350 e. The number of hydrogen-bond donors (Lipinski definition) is 0. The van der Waals surface area contributed by atoms with Gasteiger partial charge in [0, 0.05) is 12.7 Å². The molecule has 0 radical (unpaired) electrons. The van der Waals surface area contributed by atoms with E-state index in [0.717, 1.165) is 11.3 Å². The van der Waals surface area contributed by atoms with Crippen molar-refractivity contribution in [2.45, 2.75) is 44.3 Å². The summed E-state index contributed by atoms with van der Waals surface area (Å²) in [4.78, 5) is 29.4. The first-order valence-corrected chi connectivity index (χ1v) is 11.2. The number of hydrogen-bond acceptors (Lipinski definition) is 6. The third-order valence-corrected chi connectivity index (χ3v) is 7.61. The van der Waals surface area contributed by atoms with Gasteiger partial charge in [0.05, 0.1) is 23.2 Å². The van der Waals surface area contributed by atoms with Crippen molar-refractivity contribution in [3.63, 3.8) is 0 Å². The second-order valence-electron chi connectivity index (χ2n) is 6.50. The quantitative estimate of drug-likeness (QED) is 0.664. The summed E-state index contributed by atoms with van der Waals surface area (Å²) in [5.41, 5.74) is 1.34. The normalized spacial score (nSPS) is 12.4. The first-order chi connectivity index (χ1) is 13.1. The van der Waals surface area contributed by atoms with Gasteiger partial charge in [-0.3, -0.25) is 4.79 Å². The number of carbonyl (C=O) groups excluding carboxylic acids is 2.